The van der Waals surface area contributed by atoms with Crippen LogP contribution in [0.5, 0.6) is 0 Å². The van der Waals surface area contributed by atoms with Crippen molar-refractivity contribution in [1.82, 2.24) is 0 Å². The van der Waals surface area contributed by atoms with Crippen LogP contribution < -0.4 is 0 Å². The van der Waals surface area contributed by atoms with Gasteiger partial charge < -0.3 is 4.74 Å². The van der Waals surface area contributed by atoms with E-state index >= 15 is 0 Å². The second-order valence-electron chi connectivity index (χ2n) is 3.16. The van der Waals surface area contributed by atoms with Gasteiger partial charge in [0.1, 0.15) is 6.10 Å². The van der Waals surface area contributed by atoms with Gasteiger partial charge in [-0.15, -0.1) is 0 Å². The summed E-state index contributed by atoms with van der Waals surface area (Å²) in [6.07, 6.45) is 7.02. The summed E-state index contributed by atoms with van der Waals surface area (Å²) in [6, 6.07) is 1.85. The van der Waals surface area contributed by atoms with Crippen molar-refractivity contribution in [3.05, 3.63) is 35.5 Å². The van der Waals surface area contributed by atoms with E-state index in [-0.39, 0.29) is 12.2 Å². The van der Waals surface area contributed by atoms with Crippen molar-refractivity contribution in [3.63, 3.8) is 0 Å². The van der Waals surface area contributed by atoms with E-state index in [1.165, 1.54) is 0 Å². The Morgan fingerprint density at radius 2 is 2.57 bits per heavy atom. The third-order valence-corrected chi connectivity index (χ3v) is 2.28. The molecular formula is C11H9NO2. The Morgan fingerprint density at radius 3 is 3.36 bits per heavy atom. The van der Waals surface area contributed by atoms with Gasteiger partial charge in [0, 0.05) is 0 Å². The smallest absolute Gasteiger partial charge is 0.180 e. The molecule has 0 saturated carbocycles. The van der Waals surface area contributed by atoms with Crippen molar-refractivity contribution in [2.45, 2.75) is 12.5 Å². The molecule has 70 valence electrons. The lowest BCUT2D eigenvalue weighted by Crippen LogP contribution is -2.29. The minimum Gasteiger partial charge on any atom is -0.362 e. The van der Waals surface area contributed by atoms with Crippen LogP contribution >= 0.6 is 0 Å². The summed E-state index contributed by atoms with van der Waals surface area (Å²) in [5, 5.41) is 8.43. The zero-order valence-corrected chi connectivity index (χ0v) is 7.56. The summed E-state index contributed by atoms with van der Waals surface area (Å²) < 4.78 is 5.32. The van der Waals surface area contributed by atoms with E-state index < -0.39 is 6.10 Å². The lowest BCUT2D eigenvalue weighted by atomic mass is 9.97. The Bertz CT molecular complexity index is 396. The standard InChI is InChI=1S/C11H9NO2/c12-6-4-10(13)11-9-3-1-2-8(9)5-7-14-11/h1-3,5,11H,4,7H2. The van der Waals surface area contributed by atoms with Crippen LogP contribution in [0.25, 0.3) is 0 Å². The predicted octanol–water partition coefficient (Wildman–Crippen LogP) is 1.29. The molecule has 1 heterocycles. The van der Waals surface area contributed by atoms with Crippen LogP contribution in [-0.4, -0.2) is 18.5 Å². The van der Waals surface area contributed by atoms with Gasteiger partial charge in [-0.1, -0.05) is 24.3 Å². The Balaban J connectivity index is 2.20. The predicted molar refractivity (Wildman–Crippen MR) is 50.3 cm³/mol. The maximum Gasteiger partial charge on any atom is 0.180 e. The maximum atomic E-state index is 11.5. The molecule has 1 atom stereocenters. The second kappa shape index (κ2) is 3.60. The van der Waals surface area contributed by atoms with Gasteiger partial charge in [-0.3, -0.25) is 4.79 Å². The fourth-order valence-electron chi connectivity index (χ4n) is 1.63. The van der Waals surface area contributed by atoms with Gasteiger partial charge >= 0.3 is 0 Å². The first-order valence-electron chi connectivity index (χ1n) is 4.43. The van der Waals surface area contributed by atoms with Gasteiger partial charge in [0.25, 0.3) is 0 Å². The van der Waals surface area contributed by atoms with E-state index in [1.807, 2.05) is 30.4 Å². The van der Waals surface area contributed by atoms with Crippen LogP contribution in [0.15, 0.2) is 35.5 Å². The molecule has 0 bridgehead atoms. The summed E-state index contributed by atoms with van der Waals surface area (Å²) in [7, 11) is 0. The molecule has 0 fully saturated rings. The van der Waals surface area contributed by atoms with Gasteiger partial charge in [0.2, 0.25) is 0 Å². The Labute approximate surface area is 82.0 Å². The summed E-state index contributed by atoms with van der Waals surface area (Å²) >= 11 is 0. The SMILES string of the molecule is N#CCC(=O)C1OCC=C2C=CC=C21. The fraction of sp³-hybridized carbons (Fsp3) is 0.273. The number of fused-ring (bicyclic) bond motifs is 1. The van der Waals surface area contributed by atoms with E-state index in [2.05, 4.69) is 0 Å². The number of carbonyl (C=O) groups is 1. The van der Waals surface area contributed by atoms with Gasteiger partial charge in [-0.2, -0.15) is 5.26 Å². The van der Waals surface area contributed by atoms with Crippen LogP contribution in [0, 0.1) is 11.3 Å². The van der Waals surface area contributed by atoms with Gasteiger partial charge in [-0.05, 0) is 11.1 Å². The lowest BCUT2D eigenvalue weighted by molar-refractivity contribution is -0.126. The molecule has 1 aliphatic carbocycles. The summed E-state index contributed by atoms with van der Waals surface area (Å²) in [6.45, 7) is 0.443. The fourth-order valence-corrected chi connectivity index (χ4v) is 1.63. The van der Waals surface area contributed by atoms with E-state index in [1.54, 1.807) is 0 Å². The molecule has 1 aliphatic heterocycles. The molecule has 14 heavy (non-hydrogen) atoms. The van der Waals surface area contributed by atoms with Gasteiger partial charge in [0.05, 0.1) is 19.1 Å². The third-order valence-electron chi connectivity index (χ3n) is 2.28. The first kappa shape index (κ1) is 8.92. The molecule has 0 radical (unpaired) electrons. The molecule has 0 spiro atoms. The number of ether oxygens (including phenoxy) is 1. The van der Waals surface area contributed by atoms with E-state index in [9.17, 15) is 4.79 Å². The molecule has 0 aromatic carbocycles. The highest BCUT2D eigenvalue weighted by molar-refractivity contribution is 5.89. The molecule has 0 N–H and O–H groups in total. The van der Waals surface area contributed by atoms with Crippen molar-refractivity contribution < 1.29 is 9.53 Å². The van der Waals surface area contributed by atoms with Crippen LogP contribution in [0.3, 0.4) is 0 Å². The molecule has 2 aliphatic rings. The molecule has 1 unspecified atom stereocenters. The average molecular weight is 187 g/mol. The molecule has 0 saturated heterocycles. The lowest BCUT2D eigenvalue weighted by Gasteiger charge is -2.21. The highest BCUT2D eigenvalue weighted by Gasteiger charge is 2.28. The summed E-state index contributed by atoms with van der Waals surface area (Å²) in [5.41, 5.74) is 1.93. The molecule has 0 aromatic heterocycles. The first-order valence-corrected chi connectivity index (χ1v) is 4.43. The largest absolute Gasteiger partial charge is 0.362 e. The molecule has 3 nitrogen and oxygen atoms in total. The average Bonchev–Trinajstić information content (AvgIpc) is 2.65. The van der Waals surface area contributed by atoms with E-state index in [4.69, 9.17) is 10.00 Å². The Kier molecular flexibility index (Phi) is 2.30. The van der Waals surface area contributed by atoms with E-state index in [0.717, 1.165) is 11.1 Å². The number of carbonyl (C=O) groups excluding carboxylic acids is 1. The summed E-state index contributed by atoms with van der Waals surface area (Å²) in [5.74, 6) is -0.159. The van der Waals surface area contributed by atoms with Crippen molar-refractivity contribution in [2.24, 2.45) is 0 Å². The number of allylic oxidation sites excluding steroid dienone is 3. The number of hydrogen-bond acceptors (Lipinski definition) is 3. The number of hydrogen-bond donors (Lipinski definition) is 0. The topological polar surface area (TPSA) is 50.1 Å². The zero-order chi connectivity index (χ0) is 9.97. The zero-order valence-electron chi connectivity index (χ0n) is 7.56. The van der Waals surface area contributed by atoms with Crippen LogP contribution in [0.2, 0.25) is 0 Å². The minimum atomic E-state index is -0.537. The molecule has 3 heteroatoms. The van der Waals surface area contributed by atoms with Crippen molar-refractivity contribution in [1.29, 1.82) is 5.26 Å². The molecular weight excluding hydrogens is 178 g/mol. The molecule has 2 rings (SSSR count). The number of rotatable bonds is 2. The van der Waals surface area contributed by atoms with Crippen LogP contribution in [0.4, 0.5) is 0 Å². The van der Waals surface area contributed by atoms with Crippen molar-refractivity contribution in [2.75, 3.05) is 6.61 Å². The number of ketones is 1. The van der Waals surface area contributed by atoms with Gasteiger partial charge in [0.15, 0.2) is 5.78 Å². The third kappa shape index (κ3) is 1.40. The molecule has 0 amide bonds. The maximum absolute atomic E-state index is 11.5. The highest BCUT2D eigenvalue weighted by Crippen LogP contribution is 2.28. The number of Topliss-reactive ketones (excluding diaryl/α,β-unsaturated/α-hetero) is 1. The Hall–Kier alpha value is -1.66. The molecule has 0 aromatic rings. The van der Waals surface area contributed by atoms with Crippen molar-refractivity contribution >= 4 is 5.78 Å². The first-order chi connectivity index (χ1) is 6.83. The number of nitriles is 1. The minimum absolute atomic E-state index is 0.0880. The van der Waals surface area contributed by atoms with Crippen LogP contribution in [0.1, 0.15) is 6.42 Å². The van der Waals surface area contributed by atoms with E-state index in [0.29, 0.717) is 6.61 Å². The van der Waals surface area contributed by atoms with Crippen molar-refractivity contribution in [3.8, 4) is 6.07 Å². The monoisotopic (exact) mass is 187 g/mol. The van der Waals surface area contributed by atoms with Gasteiger partial charge in [-0.25, -0.2) is 0 Å². The quantitative estimate of drug-likeness (QED) is 0.654. The highest BCUT2D eigenvalue weighted by atomic mass is 16.5. The normalized spacial score (nSPS) is 23.5. The van der Waals surface area contributed by atoms with Crippen LogP contribution in [-0.2, 0) is 9.53 Å². The Morgan fingerprint density at radius 1 is 1.71 bits per heavy atom. The number of nitrogens with zero attached hydrogens (tertiary/aromatic N) is 1. The summed E-state index contributed by atoms with van der Waals surface area (Å²) in [4.78, 5) is 11.5. The second-order valence-corrected chi connectivity index (χ2v) is 3.16.